The van der Waals surface area contributed by atoms with Crippen LogP contribution in [-0.2, 0) is 15.7 Å². The number of methoxy groups -OCH3 is 1. The van der Waals surface area contributed by atoms with Crippen molar-refractivity contribution in [1.29, 1.82) is 0 Å². The van der Waals surface area contributed by atoms with Gasteiger partial charge in [0, 0.05) is 15.6 Å². The molecule has 1 heterocycles. The fourth-order valence-electron chi connectivity index (χ4n) is 3.61. The highest BCUT2D eigenvalue weighted by Crippen LogP contribution is 2.41. The molecule has 4 rings (SSSR count). The maximum Gasteiger partial charge on any atom is 0.417 e. The second kappa shape index (κ2) is 9.08. The van der Waals surface area contributed by atoms with E-state index in [-0.39, 0.29) is 43.8 Å². The molecule has 4 nitrogen and oxygen atoms in total. The lowest BCUT2D eigenvalue weighted by molar-refractivity contribution is -0.137. The zero-order valence-electron chi connectivity index (χ0n) is 17.4. The average molecular weight is 507 g/mol. The number of carbonyl (C=O) groups is 1. The van der Waals surface area contributed by atoms with E-state index in [4.69, 9.17) is 32.7 Å². The lowest BCUT2D eigenvalue weighted by atomic mass is 9.97. The van der Waals surface area contributed by atoms with E-state index in [0.717, 1.165) is 6.07 Å². The minimum atomic E-state index is -4.55. The summed E-state index contributed by atoms with van der Waals surface area (Å²) in [6.07, 6.45) is -3.18. The Bertz CT molecular complexity index is 1340. The molecule has 0 bridgehead atoms. The molecule has 0 radical (unpaired) electrons. The Morgan fingerprint density at radius 1 is 0.971 bits per heavy atom. The van der Waals surface area contributed by atoms with E-state index >= 15 is 0 Å². The van der Waals surface area contributed by atoms with Gasteiger partial charge < -0.3 is 14.6 Å². The molecule has 9 heteroatoms. The molecule has 3 aromatic rings. The number of alkyl halides is 3. The predicted octanol–water partition coefficient (Wildman–Crippen LogP) is 7.55. The summed E-state index contributed by atoms with van der Waals surface area (Å²) >= 11 is 12.0. The van der Waals surface area contributed by atoms with E-state index in [2.05, 4.69) is 0 Å². The van der Waals surface area contributed by atoms with Crippen molar-refractivity contribution >= 4 is 40.8 Å². The first-order chi connectivity index (χ1) is 16.1. The van der Waals surface area contributed by atoms with E-state index in [1.54, 1.807) is 0 Å². The maximum atomic E-state index is 13.5. The van der Waals surface area contributed by atoms with E-state index in [0.29, 0.717) is 5.56 Å². The highest BCUT2D eigenvalue weighted by Gasteiger charge is 2.34. The summed E-state index contributed by atoms with van der Waals surface area (Å²) in [5.74, 6) is -1.19. The van der Waals surface area contributed by atoms with Crippen LogP contribution in [0.4, 0.5) is 13.2 Å². The van der Waals surface area contributed by atoms with Crippen molar-refractivity contribution in [3.05, 3.63) is 98.9 Å². The van der Waals surface area contributed by atoms with Crippen molar-refractivity contribution in [2.45, 2.75) is 6.18 Å². The number of aliphatic hydroxyl groups excluding tert-OH is 1. The van der Waals surface area contributed by atoms with Gasteiger partial charge in [0.2, 0.25) is 0 Å². The van der Waals surface area contributed by atoms with Gasteiger partial charge in [-0.15, -0.1) is 0 Å². The van der Waals surface area contributed by atoms with Gasteiger partial charge in [0.05, 0.1) is 12.7 Å². The van der Waals surface area contributed by atoms with Crippen molar-refractivity contribution in [1.82, 2.24) is 0 Å². The Balaban J connectivity index is 1.76. The molecule has 174 valence electrons. The zero-order valence-corrected chi connectivity index (χ0v) is 18.9. The minimum absolute atomic E-state index is 0.0405. The fourth-order valence-corrected chi connectivity index (χ4v) is 4.13. The summed E-state index contributed by atoms with van der Waals surface area (Å²) in [4.78, 5) is 12.4. The second-order valence-corrected chi connectivity index (χ2v) is 8.16. The highest BCUT2D eigenvalue weighted by atomic mass is 35.5. The molecule has 1 N–H and O–H groups in total. The first-order valence-corrected chi connectivity index (χ1v) is 10.5. The molecule has 0 fully saturated rings. The van der Waals surface area contributed by atoms with Crippen LogP contribution in [0.15, 0.2) is 72.2 Å². The van der Waals surface area contributed by atoms with Gasteiger partial charge in [-0.05, 0) is 53.1 Å². The molecule has 0 atom stereocenters. The number of cyclic esters (lactones) is 1. The molecule has 0 amide bonds. The van der Waals surface area contributed by atoms with Gasteiger partial charge >= 0.3 is 12.1 Å². The smallest absolute Gasteiger partial charge is 0.417 e. The molecular weight excluding hydrogens is 492 g/mol. The molecule has 0 spiro atoms. The molecule has 3 aromatic carbocycles. The van der Waals surface area contributed by atoms with Crippen molar-refractivity contribution in [2.24, 2.45) is 0 Å². The topological polar surface area (TPSA) is 55.8 Å². The Kier molecular flexibility index (Phi) is 6.34. The van der Waals surface area contributed by atoms with Gasteiger partial charge in [-0.2, -0.15) is 13.2 Å². The molecule has 1 aliphatic rings. The fraction of sp³-hybridized carbons (Fsp3) is 0.0800. The van der Waals surface area contributed by atoms with E-state index < -0.39 is 23.5 Å². The van der Waals surface area contributed by atoms with Crippen LogP contribution in [-0.4, -0.2) is 18.2 Å². The van der Waals surface area contributed by atoms with Gasteiger partial charge in [-0.3, -0.25) is 0 Å². The van der Waals surface area contributed by atoms with Crippen molar-refractivity contribution in [2.75, 3.05) is 7.11 Å². The SMILES string of the molecule is COc1cc(/C=C2/OC(=O)C(c3cc(Cl)cc(Cl)c3)=C2O)ccc1-c1ccccc1C(F)(F)F. The Morgan fingerprint density at radius 3 is 2.29 bits per heavy atom. The number of halogens is 5. The van der Waals surface area contributed by atoms with E-state index in [1.807, 2.05) is 0 Å². The highest BCUT2D eigenvalue weighted by molar-refractivity contribution is 6.35. The summed E-state index contributed by atoms with van der Waals surface area (Å²) in [5.41, 5.74) is -0.0194. The molecule has 1 aliphatic heterocycles. The molecular formula is C25H15Cl2F3O4. The average Bonchev–Trinajstić information content (AvgIpc) is 3.05. The minimum Gasteiger partial charge on any atom is -0.504 e. The predicted molar refractivity (Wildman–Crippen MR) is 124 cm³/mol. The Labute approximate surface area is 202 Å². The van der Waals surface area contributed by atoms with Gasteiger partial charge in [0.25, 0.3) is 0 Å². The lowest BCUT2D eigenvalue weighted by Crippen LogP contribution is -2.07. The van der Waals surface area contributed by atoms with E-state index in [9.17, 15) is 23.1 Å². The summed E-state index contributed by atoms with van der Waals surface area (Å²) in [6, 6.07) is 14.0. The van der Waals surface area contributed by atoms with Crippen LogP contribution in [0.2, 0.25) is 10.0 Å². The summed E-state index contributed by atoms with van der Waals surface area (Å²) in [7, 11) is 1.33. The van der Waals surface area contributed by atoms with Crippen LogP contribution in [0.5, 0.6) is 5.75 Å². The monoisotopic (exact) mass is 506 g/mol. The summed E-state index contributed by atoms with van der Waals surface area (Å²) in [6.45, 7) is 0. The maximum absolute atomic E-state index is 13.5. The van der Waals surface area contributed by atoms with Crippen LogP contribution >= 0.6 is 23.2 Å². The van der Waals surface area contributed by atoms with Crippen molar-refractivity contribution < 1.29 is 32.5 Å². The molecule has 0 aliphatic carbocycles. The van der Waals surface area contributed by atoms with Crippen LogP contribution in [0.3, 0.4) is 0 Å². The largest absolute Gasteiger partial charge is 0.504 e. The van der Waals surface area contributed by atoms with Crippen LogP contribution in [0.25, 0.3) is 22.8 Å². The zero-order chi connectivity index (χ0) is 24.6. The number of rotatable bonds is 4. The lowest BCUT2D eigenvalue weighted by Gasteiger charge is -2.15. The molecule has 0 unspecified atom stereocenters. The van der Waals surface area contributed by atoms with Crippen LogP contribution < -0.4 is 4.74 Å². The molecule has 0 saturated heterocycles. The second-order valence-electron chi connectivity index (χ2n) is 7.28. The van der Waals surface area contributed by atoms with Crippen LogP contribution in [0, 0.1) is 0 Å². The van der Waals surface area contributed by atoms with Gasteiger partial charge in [0.15, 0.2) is 11.5 Å². The molecule has 34 heavy (non-hydrogen) atoms. The number of esters is 1. The third-order valence-corrected chi connectivity index (χ3v) is 5.51. The number of carbonyl (C=O) groups excluding carboxylic acids is 1. The number of aliphatic hydroxyl groups is 1. The third-order valence-electron chi connectivity index (χ3n) is 5.07. The quantitative estimate of drug-likeness (QED) is 0.371. The van der Waals surface area contributed by atoms with Crippen molar-refractivity contribution in [3.8, 4) is 16.9 Å². The van der Waals surface area contributed by atoms with Crippen LogP contribution in [0.1, 0.15) is 16.7 Å². The third kappa shape index (κ3) is 4.62. The number of benzene rings is 3. The first-order valence-electron chi connectivity index (χ1n) is 9.77. The Hall–Kier alpha value is -3.42. The molecule has 0 aromatic heterocycles. The van der Waals surface area contributed by atoms with Crippen molar-refractivity contribution in [3.63, 3.8) is 0 Å². The van der Waals surface area contributed by atoms with Gasteiger partial charge in [0.1, 0.15) is 11.3 Å². The first kappa shape index (κ1) is 23.7. The van der Waals surface area contributed by atoms with Gasteiger partial charge in [-0.25, -0.2) is 4.79 Å². The standard InChI is InChI=1S/C25H15Cl2F3O4/c1-33-20-8-13(6-7-18(20)17-4-2-3-5-19(17)25(28,29)30)9-21-23(31)22(24(32)34-21)14-10-15(26)12-16(27)11-14/h2-12,31H,1H3/b21-9+. The normalized spacial score (nSPS) is 15.1. The van der Waals surface area contributed by atoms with Gasteiger partial charge in [-0.1, -0.05) is 53.5 Å². The van der Waals surface area contributed by atoms with E-state index in [1.165, 1.54) is 67.8 Å². The number of hydrogen-bond acceptors (Lipinski definition) is 4. The molecule has 0 saturated carbocycles. The summed E-state index contributed by atoms with van der Waals surface area (Å²) in [5, 5.41) is 11.2. The Morgan fingerprint density at radius 2 is 1.65 bits per heavy atom. The number of hydrogen-bond donors (Lipinski definition) is 1. The number of ether oxygens (including phenoxy) is 2. The summed E-state index contributed by atoms with van der Waals surface area (Å²) < 4.78 is 51.0.